The number of benzene rings is 1. The Labute approximate surface area is 152 Å². The van der Waals surface area contributed by atoms with E-state index in [4.69, 9.17) is 4.74 Å². The second-order valence-electron chi connectivity index (χ2n) is 7.56. The van der Waals surface area contributed by atoms with E-state index in [1.54, 1.807) is 12.1 Å². The van der Waals surface area contributed by atoms with E-state index >= 15 is 0 Å². The summed E-state index contributed by atoms with van der Waals surface area (Å²) in [6.45, 7) is 0. The van der Waals surface area contributed by atoms with Gasteiger partial charge in [-0.25, -0.2) is 22.5 Å². The van der Waals surface area contributed by atoms with Crippen LogP contribution in [0.25, 0.3) is 0 Å². The van der Waals surface area contributed by atoms with Gasteiger partial charge >= 0.3 is 0 Å². The molecule has 2 saturated carbocycles. The van der Waals surface area contributed by atoms with Crippen molar-refractivity contribution in [2.45, 2.75) is 67.9 Å². The summed E-state index contributed by atoms with van der Waals surface area (Å²) in [5.74, 6) is -0.357. The molecule has 142 valence electrons. The zero-order chi connectivity index (χ0) is 18.4. The van der Waals surface area contributed by atoms with E-state index in [1.165, 1.54) is 12.1 Å². The van der Waals surface area contributed by atoms with Gasteiger partial charge in [0.2, 0.25) is 10.0 Å². The molecule has 1 heterocycles. The van der Waals surface area contributed by atoms with E-state index < -0.39 is 26.9 Å². The number of aliphatic hydroxyl groups is 1. The molecular weight excluding hydrogens is 359 g/mol. The Balaban J connectivity index is 1.62. The molecule has 2 N–H and O–H groups in total. The number of rotatable bonds is 4. The Morgan fingerprint density at radius 1 is 1.27 bits per heavy atom. The third-order valence-corrected chi connectivity index (χ3v) is 7.26. The molecule has 2 aliphatic carbocycles. The Morgan fingerprint density at radius 2 is 1.96 bits per heavy atom. The van der Waals surface area contributed by atoms with E-state index in [9.17, 15) is 17.9 Å². The van der Waals surface area contributed by atoms with Crippen LogP contribution in [0.2, 0.25) is 0 Å². The van der Waals surface area contributed by atoms with Gasteiger partial charge in [0.25, 0.3) is 6.02 Å². The maximum absolute atomic E-state index is 13.2. The number of nitrogens with zero attached hydrogens (tertiary/aromatic N) is 1. The molecule has 0 aromatic heterocycles. The monoisotopic (exact) mass is 382 g/mol. The van der Waals surface area contributed by atoms with Crippen LogP contribution >= 0.6 is 0 Å². The number of hydrogen-bond donors (Lipinski definition) is 2. The molecule has 1 saturated heterocycles. The quantitative estimate of drug-likeness (QED) is 0.837. The van der Waals surface area contributed by atoms with Gasteiger partial charge in [-0.3, -0.25) is 0 Å². The lowest BCUT2D eigenvalue weighted by atomic mass is 9.97. The number of fused-ring (bicyclic) bond motifs is 1. The number of halogens is 1. The van der Waals surface area contributed by atoms with Gasteiger partial charge < -0.3 is 9.84 Å². The third-order valence-electron chi connectivity index (χ3n) is 5.46. The summed E-state index contributed by atoms with van der Waals surface area (Å²) in [6.07, 6.45) is 4.44. The van der Waals surface area contributed by atoms with Crippen LogP contribution < -0.4 is 4.72 Å². The molecule has 0 bridgehead atoms. The lowest BCUT2D eigenvalue weighted by Gasteiger charge is -2.36. The second-order valence-corrected chi connectivity index (χ2v) is 9.46. The first-order valence-corrected chi connectivity index (χ1v) is 10.6. The summed E-state index contributed by atoms with van der Waals surface area (Å²) in [5.41, 5.74) is -0.0721. The molecule has 0 spiro atoms. The highest BCUT2D eigenvalue weighted by Crippen LogP contribution is 2.44. The molecule has 0 amide bonds. The average Bonchev–Trinajstić information content (AvgIpc) is 3.31. The van der Waals surface area contributed by atoms with E-state index in [0.29, 0.717) is 37.7 Å². The van der Waals surface area contributed by atoms with Crippen LogP contribution in [-0.4, -0.2) is 36.5 Å². The minimum absolute atomic E-state index is 0.0216. The molecule has 8 heteroatoms. The smallest absolute Gasteiger partial charge is 0.299 e. The van der Waals surface area contributed by atoms with Crippen molar-refractivity contribution in [1.29, 1.82) is 0 Å². The van der Waals surface area contributed by atoms with Gasteiger partial charge in [-0.05, 0) is 49.8 Å². The molecule has 4 rings (SSSR count). The first-order chi connectivity index (χ1) is 12.3. The first-order valence-electron chi connectivity index (χ1n) is 9.09. The van der Waals surface area contributed by atoms with Gasteiger partial charge in [-0.2, -0.15) is 0 Å². The lowest BCUT2D eigenvalue weighted by Crippen LogP contribution is -2.54. The van der Waals surface area contributed by atoms with Crippen molar-refractivity contribution in [3.8, 4) is 0 Å². The standard InChI is InChI=1S/C18H23FN2O4S/c19-13-7-5-12(6-8-13)14(11-18(22)9-10-18)20-17-21-26(23,24)16-4-2-1-3-15(16)25-17/h5-8,14-16,22H,1-4,9-11H2,(H,20,21)/t14-,15?,16?/m0/s1. The molecule has 26 heavy (non-hydrogen) atoms. The maximum atomic E-state index is 13.2. The Bertz CT molecular complexity index is 805. The second kappa shape index (κ2) is 6.49. The molecule has 3 aliphatic rings. The number of aliphatic imine (C=N–C) groups is 1. The van der Waals surface area contributed by atoms with Gasteiger partial charge in [0.15, 0.2) is 0 Å². The highest BCUT2D eigenvalue weighted by Gasteiger charge is 2.45. The van der Waals surface area contributed by atoms with Crippen molar-refractivity contribution in [1.82, 2.24) is 4.72 Å². The molecule has 1 aromatic carbocycles. The van der Waals surface area contributed by atoms with Crippen molar-refractivity contribution in [3.05, 3.63) is 35.6 Å². The van der Waals surface area contributed by atoms with Crippen molar-refractivity contribution in [2.24, 2.45) is 4.99 Å². The fraction of sp³-hybridized carbons (Fsp3) is 0.611. The van der Waals surface area contributed by atoms with Crippen LogP contribution in [0.3, 0.4) is 0 Å². The van der Waals surface area contributed by atoms with Gasteiger partial charge in [0, 0.05) is 6.42 Å². The van der Waals surface area contributed by atoms with E-state index in [1.807, 2.05) is 0 Å². The Kier molecular flexibility index (Phi) is 4.43. The molecule has 0 radical (unpaired) electrons. The summed E-state index contributed by atoms with van der Waals surface area (Å²) >= 11 is 0. The Hall–Kier alpha value is -1.67. The van der Waals surface area contributed by atoms with Crippen LogP contribution in [0.15, 0.2) is 29.3 Å². The fourth-order valence-corrected chi connectivity index (χ4v) is 5.31. The summed E-state index contributed by atoms with van der Waals surface area (Å²) in [7, 11) is -3.52. The molecule has 3 atom stereocenters. The topological polar surface area (TPSA) is 88.0 Å². The van der Waals surface area contributed by atoms with Crippen molar-refractivity contribution >= 4 is 16.0 Å². The molecule has 6 nitrogen and oxygen atoms in total. The first kappa shape index (κ1) is 17.7. The normalized spacial score (nSPS) is 31.4. The highest BCUT2D eigenvalue weighted by atomic mass is 32.2. The minimum Gasteiger partial charge on any atom is -0.460 e. The van der Waals surface area contributed by atoms with Gasteiger partial charge in [0.1, 0.15) is 17.2 Å². The molecule has 1 aromatic rings. The number of nitrogens with one attached hydrogen (secondary N) is 1. The van der Waals surface area contributed by atoms with Crippen LogP contribution in [0.4, 0.5) is 4.39 Å². The van der Waals surface area contributed by atoms with E-state index in [0.717, 1.165) is 12.8 Å². The predicted octanol–water partition coefficient (Wildman–Crippen LogP) is 2.40. The van der Waals surface area contributed by atoms with Crippen molar-refractivity contribution < 1.29 is 22.7 Å². The lowest BCUT2D eigenvalue weighted by molar-refractivity contribution is 0.122. The maximum Gasteiger partial charge on any atom is 0.299 e. The zero-order valence-corrected chi connectivity index (χ0v) is 15.2. The highest BCUT2D eigenvalue weighted by molar-refractivity contribution is 7.90. The molecule has 1 aliphatic heterocycles. The Morgan fingerprint density at radius 3 is 2.65 bits per heavy atom. The number of hydrogen-bond acceptors (Lipinski definition) is 5. The SMILES string of the molecule is O=S1(=O)NC(=N[C@@H](CC2(O)CC2)c2ccc(F)cc2)OC2CCCCC21. The minimum atomic E-state index is -3.52. The summed E-state index contributed by atoms with van der Waals surface area (Å²) < 4.78 is 46.6. The number of sulfonamides is 1. The van der Waals surface area contributed by atoms with Gasteiger partial charge in [-0.15, -0.1) is 0 Å². The third kappa shape index (κ3) is 3.71. The van der Waals surface area contributed by atoms with Crippen LogP contribution in [-0.2, 0) is 14.8 Å². The zero-order valence-electron chi connectivity index (χ0n) is 14.4. The van der Waals surface area contributed by atoms with Crippen molar-refractivity contribution in [2.75, 3.05) is 0 Å². The van der Waals surface area contributed by atoms with E-state index in [-0.39, 0.29) is 17.9 Å². The largest absolute Gasteiger partial charge is 0.460 e. The summed E-state index contributed by atoms with van der Waals surface area (Å²) in [5, 5.41) is 9.78. The molecule has 3 fully saturated rings. The van der Waals surface area contributed by atoms with Crippen LogP contribution in [0.1, 0.15) is 56.6 Å². The number of amidine groups is 1. The molecule has 2 unspecified atom stereocenters. The molecular formula is C18H23FN2O4S. The van der Waals surface area contributed by atoms with Crippen molar-refractivity contribution in [3.63, 3.8) is 0 Å². The average molecular weight is 382 g/mol. The van der Waals surface area contributed by atoms with Crippen LogP contribution in [0, 0.1) is 5.82 Å². The van der Waals surface area contributed by atoms with Gasteiger partial charge in [-0.1, -0.05) is 18.6 Å². The van der Waals surface area contributed by atoms with Crippen LogP contribution in [0.5, 0.6) is 0 Å². The predicted molar refractivity (Wildman–Crippen MR) is 94.6 cm³/mol. The summed E-state index contributed by atoms with van der Waals surface area (Å²) in [4.78, 5) is 4.47. The van der Waals surface area contributed by atoms with E-state index in [2.05, 4.69) is 9.71 Å². The fourth-order valence-electron chi connectivity index (χ4n) is 3.75. The van der Waals surface area contributed by atoms with Gasteiger partial charge in [0.05, 0.1) is 11.6 Å². The number of ether oxygens (including phenoxy) is 1. The summed E-state index contributed by atoms with van der Waals surface area (Å²) in [6, 6.07) is 5.37.